The van der Waals surface area contributed by atoms with E-state index in [0.29, 0.717) is 6.61 Å². The summed E-state index contributed by atoms with van der Waals surface area (Å²) < 4.78 is 5.81. The van der Waals surface area contributed by atoms with Crippen molar-refractivity contribution in [1.29, 1.82) is 0 Å². The van der Waals surface area contributed by atoms with Gasteiger partial charge in [0.05, 0.1) is 6.61 Å². The van der Waals surface area contributed by atoms with Crippen molar-refractivity contribution in [3.05, 3.63) is 107 Å². The molecule has 154 valence electrons. The van der Waals surface area contributed by atoms with E-state index in [1.807, 2.05) is 12.3 Å². The minimum Gasteiger partial charge on any atom is -0.377 e. The van der Waals surface area contributed by atoms with Crippen molar-refractivity contribution < 1.29 is 4.74 Å². The Bertz CT molecular complexity index is 871. The summed E-state index contributed by atoms with van der Waals surface area (Å²) in [5, 5.41) is 0. The Kier molecular flexibility index (Phi) is 7.43. The number of benzene rings is 2. The summed E-state index contributed by atoms with van der Waals surface area (Å²) in [6.07, 6.45) is 7.01. The highest BCUT2D eigenvalue weighted by atomic mass is 16.5. The third-order valence-corrected chi connectivity index (χ3v) is 5.69. The van der Waals surface area contributed by atoms with Gasteiger partial charge in [-0.05, 0) is 47.6 Å². The van der Waals surface area contributed by atoms with E-state index < -0.39 is 0 Å². The first-order valence-corrected chi connectivity index (χ1v) is 10.9. The number of likely N-dealkylation sites (tertiary alicyclic amines) is 1. The molecule has 0 saturated carbocycles. The zero-order valence-electron chi connectivity index (χ0n) is 17.5. The van der Waals surface area contributed by atoms with Crippen molar-refractivity contribution in [2.75, 3.05) is 26.2 Å². The molecule has 0 aliphatic carbocycles. The molecule has 2 heterocycles. The Morgan fingerprint density at radius 1 is 0.833 bits per heavy atom. The second kappa shape index (κ2) is 10.9. The maximum atomic E-state index is 5.81. The second-order valence-corrected chi connectivity index (χ2v) is 7.82. The first kappa shape index (κ1) is 20.5. The van der Waals surface area contributed by atoms with Crippen LogP contribution in [0, 0.1) is 0 Å². The van der Waals surface area contributed by atoms with Gasteiger partial charge in [-0.2, -0.15) is 0 Å². The van der Waals surface area contributed by atoms with Crippen LogP contribution in [-0.2, 0) is 11.3 Å². The first-order valence-electron chi connectivity index (χ1n) is 10.9. The minimum atomic E-state index is 0.651. The summed E-state index contributed by atoms with van der Waals surface area (Å²) in [7, 11) is 0. The molecule has 0 spiro atoms. The summed E-state index contributed by atoms with van der Waals surface area (Å²) in [5.74, 6) is 0. The quantitative estimate of drug-likeness (QED) is 0.463. The highest BCUT2D eigenvalue weighted by molar-refractivity contribution is 5.82. The van der Waals surface area contributed by atoms with E-state index in [0.717, 1.165) is 51.1 Å². The van der Waals surface area contributed by atoms with Crippen LogP contribution in [0.5, 0.6) is 0 Å². The molecule has 0 atom stereocenters. The highest BCUT2D eigenvalue weighted by Gasteiger charge is 2.18. The van der Waals surface area contributed by atoms with E-state index >= 15 is 0 Å². The van der Waals surface area contributed by atoms with Crippen LogP contribution in [0.15, 0.2) is 90.8 Å². The van der Waals surface area contributed by atoms with Crippen LogP contribution in [0.4, 0.5) is 0 Å². The fourth-order valence-corrected chi connectivity index (χ4v) is 4.14. The van der Waals surface area contributed by atoms with E-state index in [9.17, 15) is 0 Å². The molecule has 1 saturated heterocycles. The van der Waals surface area contributed by atoms with Gasteiger partial charge < -0.3 is 9.64 Å². The normalized spacial score (nSPS) is 14.6. The fraction of sp³-hybridized carbons (Fsp3) is 0.296. The smallest absolute Gasteiger partial charge is 0.0731 e. The van der Waals surface area contributed by atoms with Gasteiger partial charge in [-0.15, -0.1) is 0 Å². The van der Waals surface area contributed by atoms with Crippen molar-refractivity contribution in [3.8, 4) is 0 Å². The topological polar surface area (TPSA) is 25.4 Å². The van der Waals surface area contributed by atoms with Crippen LogP contribution < -0.4 is 0 Å². The molecule has 1 aromatic heterocycles. The van der Waals surface area contributed by atoms with Gasteiger partial charge in [-0.25, -0.2) is 0 Å². The van der Waals surface area contributed by atoms with Gasteiger partial charge in [0.15, 0.2) is 0 Å². The van der Waals surface area contributed by atoms with Gasteiger partial charge >= 0.3 is 0 Å². The Balaban J connectivity index is 1.31. The predicted octanol–water partition coefficient (Wildman–Crippen LogP) is 5.59. The van der Waals surface area contributed by atoms with E-state index in [1.165, 1.54) is 16.7 Å². The summed E-state index contributed by atoms with van der Waals surface area (Å²) in [6, 6.07) is 25.7. The van der Waals surface area contributed by atoms with Crippen LogP contribution in [0.25, 0.3) is 5.57 Å². The van der Waals surface area contributed by atoms with Crippen molar-refractivity contribution in [2.24, 2.45) is 0 Å². The van der Waals surface area contributed by atoms with E-state index in [1.54, 1.807) is 11.8 Å². The molecule has 3 nitrogen and oxygen atoms in total. The van der Waals surface area contributed by atoms with Crippen LogP contribution in [-0.4, -0.2) is 36.1 Å². The van der Waals surface area contributed by atoms with E-state index in [4.69, 9.17) is 4.74 Å². The molecule has 0 N–H and O–H groups in total. The highest BCUT2D eigenvalue weighted by Crippen LogP contribution is 2.32. The zero-order chi connectivity index (χ0) is 20.4. The van der Waals surface area contributed by atoms with Crippen LogP contribution in [0.2, 0.25) is 0 Å². The van der Waals surface area contributed by atoms with Crippen molar-refractivity contribution in [1.82, 2.24) is 9.88 Å². The van der Waals surface area contributed by atoms with Gasteiger partial charge in [0, 0.05) is 38.6 Å². The molecule has 0 radical (unpaired) electrons. The van der Waals surface area contributed by atoms with E-state index in [-0.39, 0.29) is 0 Å². The summed E-state index contributed by atoms with van der Waals surface area (Å²) in [6.45, 7) is 4.81. The lowest BCUT2D eigenvalue weighted by molar-refractivity contribution is 0.107. The van der Waals surface area contributed by atoms with Crippen molar-refractivity contribution in [3.63, 3.8) is 0 Å². The zero-order valence-corrected chi connectivity index (χ0v) is 17.5. The maximum absolute atomic E-state index is 5.81. The molecule has 0 bridgehead atoms. The number of hydrogen-bond acceptors (Lipinski definition) is 3. The van der Waals surface area contributed by atoms with Gasteiger partial charge in [-0.1, -0.05) is 72.3 Å². The van der Waals surface area contributed by atoms with Gasteiger partial charge in [0.2, 0.25) is 0 Å². The lowest BCUT2D eigenvalue weighted by Gasteiger charge is -2.30. The molecule has 0 unspecified atom stereocenters. The molecular formula is C27H30N2O. The fourth-order valence-electron chi connectivity index (χ4n) is 4.14. The maximum Gasteiger partial charge on any atom is 0.0731 e. The summed E-state index contributed by atoms with van der Waals surface area (Å²) in [5.41, 5.74) is 6.80. The Labute approximate surface area is 180 Å². The Morgan fingerprint density at radius 3 is 2.10 bits per heavy atom. The van der Waals surface area contributed by atoms with Crippen LogP contribution >= 0.6 is 0 Å². The monoisotopic (exact) mass is 398 g/mol. The van der Waals surface area contributed by atoms with Crippen LogP contribution in [0.3, 0.4) is 0 Å². The number of ether oxygens (including phenoxy) is 1. The molecule has 0 amide bonds. The Morgan fingerprint density at radius 2 is 1.50 bits per heavy atom. The molecule has 4 rings (SSSR count). The third kappa shape index (κ3) is 5.65. The molecule has 1 fully saturated rings. The number of piperidine rings is 1. The number of pyridine rings is 1. The first-order chi connectivity index (χ1) is 14.9. The molecule has 3 heteroatoms. The van der Waals surface area contributed by atoms with Gasteiger partial charge in [0.25, 0.3) is 0 Å². The van der Waals surface area contributed by atoms with Crippen molar-refractivity contribution >= 4 is 5.57 Å². The minimum absolute atomic E-state index is 0.651. The average molecular weight is 399 g/mol. The third-order valence-electron chi connectivity index (χ3n) is 5.69. The summed E-state index contributed by atoms with van der Waals surface area (Å²) >= 11 is 0. The molecule has 1 aliphatic heterocycles. The molecule has 30 heavy (non-hydrogen) atoms. The molecule has 1 aliphatic rings. The molecular weight excluding hydrogens is 368 g/mol. The van der Waals surface area contributed by atoms with Gasteiger partial charge in [0.1, 0.15) is 0 Å². The number of hydrogen-bond donors (Lipinski definition) is 0. The largest absolute Gasteiger partial charge is 0.377 e. The van der Waals surface area contributed by atoms with E-state index in [2.05, 4.69) is 76.6 Å². The lowest BCUT2D eigenvalue weighted by atomic mass is 9.88. The number of rotatable bonds is 8. The van der Waals surface area contributed by atoms with Crippen LogP contribution in [0.1, 0.15) is 36.0 Å². The predicted molar refractivity (Wildman–Crippen MR) is 123 cm³/mol. The van der Waals surface area contributed by atoms with Crippen molar-refractivity contribution in [2.45, 2.75) is 25.9 Å². The number of aromatic nitrogens is 1. The average Bonchev–Trinajstić information content (AvgIpc) is 2.82. The van der Waals surface area contributed by atoms with Gasteiger partial charge in [-0.3, -0.25) is 4.98 Å². The molecule has 2 aromatic carbocycles. The SMILES string of the molecule is c1ccc(C(=C2CCN(CCCOCc3cccnc3)CC2)c2ccccc2)cc1. The number of nitrogens with zero attached hydrogens (tertiary/aromatic N) is 2. The summed E-state index contributed by atoms with van der Waals surface area (Å²) in [4.78, 5) is 6.70. The Hall–Kier alpha value is -2.75. The standard InChI is InChI=1S/C27H30N2O/c1-3-10-24(11-4-1)27(25-12-5-2-6-13-25)26-14-18-29(19-15-26)17-8-20-30-22-23-9-7-16-28-21-23/h1-7,9-13,16,21H,8,14-15,17-20,22H2. The lowest BCUT2D eigenvalue weighted by Crippen LogP contribution is -2.32. The second-order valence-electron chi connectivity index (χ2n) is 7.82. The molecule has 3 aromatic rings.